The van der Waals surface area contributed by atoms with E-state index < -0.39 is 23.3 Å². The van der Waals surface area contributed by atoms with Gasteiger partial charge in [-0.2, -0.15) is 12.6 Å². The summed E-state index contributed by atoms with van der Waals surface area (Å²) in [7, 11) is 0. The first kappa shape index (κ1) is 30.4. The van der Waals surface area contributed by atoms with Crippen LogP contribution in [0.4, 0.5) is 4.39 Å². The first-order valence-corrected chi connectivity index (χ1v) is 13.9. The molecule has 0 aliphatic rings. The number of rotatable bonds is 12. The number of imidazole rings is 1. The fourth-order valence-electron chi connectivity index (χ4n) is 4.68. The van der Waals surface area contributed by atoms with Gasteiger partial charge in [0.1, 0.15) is 28.6 Å². The summed E-state index contributed by atoms with van der Waals surface area (Å²) < 4.78 is 17.2. The molecule has 0 spiro atoms. The summed E-state index contributed by atoms with van der Waals surface area (Å²) >= 11 is 4.40. The summed E-state index contributed by atoms with van der Waals surface area (Å²) in [4.78, 5) is 30.0. The molecule has 7 nitrogen and oxygen atoms in total. The summed E-state index contributed by atoms with van der Waals surface area (Å²) in [6, 6.07) is 10.8. The minimum atomic E-state index is -1.40. The number of hydrogen-bond acceptors (Lipinski definition) is 5. The maximum Gasteiger partial charge on any atom is 0.336 e. The number of aromatic nitrogens is 2. The SMILES string of the molecule is CCCc1nc(C(C)(C)O)c(C(=O)N[C@@H](CS)CC(C)C)n1Cc1ccc(-c2ccccc2C(=O)O)cc1F. The van der Waals surface area contributed by atoms with Gasteiger partial charge in [-0.15, -0.1) is 0 Å². The second-order valence-electron chi connectivity index (χ2n) is 10.8. The van der Waals surface area contributed by atoms with Crippen LogP contribution in [0.3, 0.4) is 0 Å². The second-order valence-corrected chi connectivity index (χ2v) is 11.1. The molecule has 1 aromatic heterocycles. The Morgan fingerprint density at radius 2 is 1.87 bits per heavy atom. The third kappa shape index (κ3) is 7.28. The van der Waals surface area contributed by atoms with Gasteiger partial charge in [0, 0.05) is 23.8 Å². The van der Waals surface area contributed by atoms with Crippen LogP contribution >= 0.6 is 12.6 Å². The van der Waals surface area contributed by atoms with Crippen LogP contribution in [-0.4, -0.2) is 43.4 Å². The highest BCUT2D eigenvalue weighted by Crippen LogP contribution is 2.29. The molecule has 2 aromatic carbocycles. The number of carbonyl (C=O) groups is 2. The molecule has 0 radical (unpaired) electrons. The van der Waals surface area contributed by atoms with E-state index in [0.29, 0.717) is 40.6 Å². The van der Waals surface area contributed by atoms with E-state index in [1.165, 1.54) is 12.1 Å². The van der Waals surface area contributed by atoms with Crippen molar-refractivity contribution in [3.8, 4) is 11.1 Å². The van der Waals surface area contributed by atoms with E-state index in [-0.39, 0.29) is 29.5 Å². The number of amides is 1. The quantitative estimate of drug-likeness (QED) is 0.215. The molecule has 0 fully saturated rings. The van der Waals surface area contributed by atoms with E-state index in [2.05, 4.69) is 36.8 Å². The Labute approximate surface area is 234 Å². The van der Waals surface area contributed by atoms with Crippen LogP contribution in [0, 0.1) is 11.7 Å². The lowest BCUT2D eigenvalue weighted by Gasteiger charge is -2.22. The van der Waals surface area contributed by atoms with Crippen LogP contribution in [0.2, 0.25) is 0 Å². The Morgan fingerprint density at radius 1 is 1.18 bits per heavy atom. The summed E-state index contributed by atoms with van der Waals surface area (Å²) in [6.07, 6.45) is 2.00. The average molecular weight is 556 g/mol. The third-order valence-electron chi connectivity index (χ3n) is 6.48. The zero-order valence-corrected chi connectivity index (χ0v) is 24.1. The first-order valence-electron chi connectivity index (χ1n) is 13.2. The molecule has 9 heteroatoms. The highest BCUT2D eigenvalue weighted by Gasteiger charge is 2.32. The molecule has 0 unspecified atom stereocenters. The van der Waals surface area contributed by atoms with Crippen molar-refractivity contribution in [2.24, 2.45) is 5.92 Å². The van der Waals surface area contributed by atoms with Crippen molar-refractivity contribution in [1.29, 1.82) is 0 Å². The number of nitrogens with one attached hydrogen (secondary N) is 1. The van der Waals surface area contributed by atoms with E-state index in [1.54, 1.807) is 48.7 Å². The lowest BCUT2D eigenvalue weighted by Crippen LogP contribution is -2.39. The number of carboxylic acids is 1. The zero-order valence-electron chi connectivity index (χ0n) is 23.2. The highest BCUT2D eigenvalue weighted by molar-refractivity contribution is 7.80. The van der Waals surface area contributed by atoms with Crippen molar-refractivity contribution < 1.29 is 24.2 Å². The second kappa shape index (κ2) is 12.8. The van der Waals surface area contributed by atoms with Crippen molar-refractivity contribution in [3.63, 3.8) is 0 Å². The average Bonchev–Trinajstić information content (AvgIpc) is 3.23. The van der Waals surface area contributed by atoms with Crippen molar-refractivity contribution in [2.45, 2.75) is 72.1 Å². The van der Waals surface area contributed by atoms with Crippen LogP contribution in [-0.2, 0) is 18.6 Å². The Bertz CT molecular complexity index is 1330. The zero-order chi connectivity index (χ0) is 28.9. The van der Waals surface area contributed by atoms with Crippen LogP contribution < -0.4 is 5.32 Å². The smallest absolute Gasteiger partial charge is 0.336 e. The highest BCUT2D eigenvalue weighted by atomic mass is 32.1. The minimum absolute atomic E-state index is 0.0174. The van der Waals surface area contributed by atoms with Gasteiger partial charge in [0.15, 0.2) is 0 Å². The summed E-state index contributed by atoms with van der Waals surface area (Å²) in [6.45, 7) is 9.28. The van der Waals surface area contributed by atoms with Crippen molar-refractivity contribution in [2.75, 3.05) is 5.75 Å². The summed E-state index contributed by atoms with van der Waals surface area (Å²) in [5, 5.41) is 23.5. The van der Waals surface area contributed by atoms with Gasteiger partial charge in [-0.25, -0.2) is 14.2 Å². The van der Waals surface area contributed by atoms with E-state index >= 15 is 4.39 Å². The fraction of sp³-hybridized carbons (Fsp3) is 0.433. The Kier molecular flexibility index (Phi) is 9.96. The van der Waals surface area contributed by atoms with Crippen molar-refractivity contribution >= 4 is 24.5 Å². The molecule has 1 atom stereocenters. The van der Waals surface area contributed by atoms with Gasteiger partial charge in [0.2, 0.25) is 0 Å². The molecule has 1 amide bonds. The molecular weight excluding hydrogens is 517 g/mol. The predicted octanol–water partition coefficient (Wildman–Crippen LogP) is 5.69. The first-order chi connectivity index (χ1) is 18.4. The number of carbonyl (C=O) groups excluding carboxylic acids is 1. The molecule has 0 bridgehead atoms. The van der Waals surface area contributed by atoms with Gasteiger partial charge in [0.25, 0.3) is 5.91 Å². The normalized spacial score (nSPS) is 12.5. The molecule has 0 aliphatic heterocycles. The Morgan fingerprint density at radius 3 is 2.44 bits per heavy atom. The molecule has 39 heavy (non-hydrogen) atoms. The van der Waals surface area contributed by atoms with Gasteiger partial charge in [-0.05, 0) is 55.9 Å². The van der Waals surface area contributed by atoms with Gasteiger partial charge >= 0.3 is 5.97 Å². The van der Waals surface area contributed by atoms with Gasteiger partial charge in [-0.1, -0.05) is 51.1 Å². The Hall–Kier alpha value is -3.17. The van der Waals surface area contributed by atoms with E-state index in [9.17, 15) is 19.8 Å². The summed E-state index contributed by atoms with van der Waals surface area (Å²) in [5.41, 5.74) is 0.271. The molecule has 0 aliphatic carbocycles. The molecular formula is C30H38FN3O4S. The number of benzene rings is 2. The molecule has 1 heterocycles. The largest absolute Gasteiger partial charge is 0.478 e. The maximum absolute atomic E-state index is 15.5. The molecule has 0 saturated carbocycles. The fourth-order valence-corrected chi connectivity index (χ4v) is 4.92. The number of aryl methyl sites for hydroxylation is 1. The third-order valence-corrected chi connectivity index (χ3v) is 6.92. The maximum atomic E-state index is 15.5. The van der Waals surface area contributed by atoms with E-state index in [4.69, 9.17) is 0 Å². The van der Waals surface area contributed by atoms with E-state index in [1.807, 2.05) is 6.92 Å². The lowest BCUT2D eigenvalue weighted by molar-refractivity contribution is 0.0695. The molecule has 0 saturated heterocycles. The van der Waals surface area contributed by atoms with Crippen molar-refractivity contribution in [1.82, 2.24) is 14.9 Å². The minimum Gasteiger partial charge on any atom is -0.478 e. The monoisotopic (exact) mass is 555 g/mol. The number of halogens is 1. The number of carboxylic acid groups (broad SMARTS) is 1. The van der Waals surface area contributed by atoms with Crippen LogP contribution in [0.1, 0.15) is 85.4 Å². The van der Waals surface area contributed by atoms with Gasteiger partial charge in [0.05, 0.1) is 12.1 Å². The van der Waals surface area contributed by atoms with Gasteiger partial charge in [-0.3, -0.25) is 4.79 Å². The number of aliphatic hydroxyl groups is 1. The van der Waals surface area contributed by atoms with Crippen LogP contribution in [0.15, 0.2) is 42.5 Å². The molecule has 3 rings (SSSR count). The number of hydrogen-bond donors (Lipinski definition) is 4. The standard InChI is InChI=1S/C30H38FN3O4S/c1-6-9-25-33-27(30(4,5)38)26(28(35)32-21(17-39)14-18(2)3)34(25)16-20-13-12-19(15-24(20)31)22-10-7-8-11-23(22)29(36)37/h7-8,10-13,15,18,21,38-39H,6,9,14,16-17H2,1-5H3,(H,32,35)(H,36,37)/t21-/m1/s1. The van der Waals surface area contributed by atoms with Crippen LogP contribution in [0.25, 0.3) is 11.1 Å². The lowest BCUT2D eigenvalue weighted by atomic mass is 9.98. The molecule has 3 aromatic rings. The van der Waals surface area contributed by atoms with Crippen LogP contribution in [0.5, 0.6) is 0 Å². The molecule has 3 N–H and O–H groups in total. The topological polar surface area (TPSA) is 104 Å². The number of aromatic carboxylic acids is 1. The summed E-state index contributed by atoms with van der Waals surface area (Å²) in [5.74, 6) is -0.654. The van der Waals surface area contributed by atoms with E-state index in [0.717, 1.165) is 12.8 Å². The van der Waals surface area contributed by atoms with Crippen molar-refractivity contribution in [3.05, 3.63) is 76.6 Å². The Balaban J connectivity index is 2.08. The number of nitrogens with zero attached hydrogens (tertiary/aromatic N) is 2. The van der Waals surface area contributed by atoms with Gasteiger partial charge < -0.3 is 20.1 Å². The predicted molar refractivity (Wildman–Crippen MR) is 154 cm³/mol. The number of thiol groups is 1. The molecule has 210 valence electrons.